The number of benzene rings is 3. The molecule has 0 aliphatic carbocycles. The van der Waals surface area contributed by atoms with Crippen LogP contribution in [0.1, 0.15) is 16.7 Å². The summed E-state index contributed by atoms with van der Waals surface area (Å²) >= 11 is 0. The van der Waals surface area contributed by atoms with Gasteiger partial charge >= 0.3 is 0 Å². The Bertz CT molecular complexity index is 782. The van der Waals surface area contributed by atoms with E-state index in [0.717, 1.165) is 23.5 Å². The minimum Gasteiger partial charge on any atom is -0.489 e. The van der Waals surface area contributed by atoms with Gasteiger partial charge in [-0.3, -0.25) is 0 Å². The van der Waals surface area contributed by atoms with Crippen molar-refractivity contribution in [1.29, 1.82) is 0 Å². The van der Waals surface area contributed by atoms with E-state index in [2.05, 4.69) is 24.4 Å². The maximum absolute atomic E-state index is 12.9. The minimum atomic E-state index is -0.232. The van der Waals surface area contributed by atoms with Gasteiger partial charge in [0.05, 0.1) is 0 Å². The predicted octanol–water partition coefficient (Wildman–Crippen LogP) is 5.33. The molecule has 0 fully saturated rings. The molecule has 0 bridgehead atoms. The average Bonchev–Trinajstić information content (AvgIpc) is 2.61. The van der Waals surface area contributed by atoms with Crippen molar-refractivity contribution in [3.63, 3.8) is 0 Å². The second-order valence-corrected chi connectivity index (χ2v) is 5.73. The van der Waals surface area contributed by atoms with Crippen molar-refractivity contribution in [2.24, 2.45) is 0 Å². The van der Waals surface area contributed by atoms with Gasteiger partial charge in [0, 0.05) is 12.2 Å². The first-order valence-electron chi connectivity index (χ1n) is 7.96. The highest BCUT2D eigenvalue weighted by molar-refractivity contribution is 5.50. The highest BCUT2D eigenvalue weighted by Gasteiger charge is 2.00. The molecule has 3 rings (SSSR count). The standard InChI is InChI=1S/C21H20FNO/c1-16-4-2-3-5-21(16)23-14-17-8-12-20(13-9-17)24-15-18-6-10-19(22)11-7-18/h2-13,23H,14-15H2,1H3. The summed E-state index contributed by atoms with van der Waals surface area (Å²) in [5.41, 5.74) is 4.51. The maximum atomic E-state index is 12.9. The third kappa shape index (κ3) is 4.35. The van der Waals surface area contributed by atoms with Gasteiger partial charge in [0.1, 0.15) is 18.2 Å². The van der Waals surface area contributed by atoms with E-state index in [1.54, 1.807) is 12.1 Å². The number of aryl methyl sites for hydroxylation is 1. The van der Waals surface area contributed by atoms with Crippen LogP contribution in [0.5, 0.6) is 5.75 Å². The van der Waals surface area contributed by atoms with Crippen molar-refractivity contribution in [2.75, 3.05) is 5.32 Å². The number of hydrogen-bond donors (Lipinski definition) is 1. The van der Waals surface area contributed by atoms with Gasteiger partial charge in [0.15, 0.2) is 0 Å². The lowest BCUT2D eigenvalue weighted by molar-refractivity contribution is 0.306. The Hall–Kier alpha value is -2.81. The smallest absolute Gasteiger partial charge is 0.123 e. The quantitative estimate of drug-likeness (QED) is 0.663. The first kappa shape index (κ1) is 16.1. The minimum absolute atomic E-state index is 0.232. The molecule has 2 nitrogen and oxygen atoms in total. The first-order chi connectivity index (χ1) is 11.7. The summed E-state index contributed by atoms with van der Waals surface area (Å²) in [4.78, 5) is 0. The number of rotatable bonds is 6. The van der Waals surface area contributed by atoms with Crippen LogP contribution in [-0.2, 0) is 13.2 Å². The number of ether oxygens (including phenoxy) is 1. The number of hydrogen-bond acceptors (Lipinski definition) is 2. The summed E-state index contributed by atoms with van der Waals surface area (Å²) in [6.45, 7) is 3.29. The molecular weight excluding hydrogens is 301 g/mol. The summed E-state index contributed by atoms with van der Waals surface area (Å²) in [6.07, 6.45) is 0. The molecule has 122 valence electrons. The van der Waals surface area contributed by atoms with Crippen LogP contribution in [0.25, 0.3) is 0 Å². The zero-order valence-electron chi connectivity index (χ0n) is 13.6. The summed E-state index contributed by atoms with van der Waals surface area (Å²) in [5.74, 6) is 0.572. The van der Waals surface area contributed by atoms with Crippen LogP contribution in [0.3, 0.4) is 0 Å². The van der Waals surface area contributed by atoms with Crippen molar-refractivity contribution in [2.45, 2.75) is 20.1 Å². The molecule has 0 spiro atoms. The molecule has 0 saturated heterocycles. The Morgan fingerprint density at radius 2 is 1.50 bits per heavy atom. The van der Waals surface area contributed by atoms with E-state index in [1.807, 2.05) is 36.4 Å². The third-order valence-corrected chi connectivity index (χ3v) is 3.87. The lowest BCUT2D eigenvalue weighted by atomic mass is 10.1. The largest absolute Gasteiger partial charge is 0.489 e. The van der Waals surface area contributed by atoms with Crippen LogP contribution >= 0.6 is 0 Å². The van der Waals surface area contributed by atoms with Crippen molar-refractivity contribution < 1.29 is 9.13 Å². The van der Waals surface area contributed by atoms with E-state index in [4.69, 9.17) is 4.74 Å². The molecule has 0 unspecified atom stereocenters. The molecule has 24 heavy (non-hydrogen) atoms. The Balaban J connectivity index is 1.53. The predicted molar refractivity (Wildman–Crippen MR) is 95.7 cm³/mol. The summed E-state index contributed by atoms with van der Waals surface area (Å²) in [7, 11) is 0. The zero-order chi connectivity index (χ0) is 16.8. The molecule has 3 aromatic rings. The molecule has 0 saturated carbocycles. The molecule has 0 atom stereocenters. The van der Waals surface area contributed by atoms with E-state index in [9.17, 15) is 4.39 Å². The Kier molecular flexibility index (Phi) is 5.12. The summed E-state index contributed by atoms with van der Waals surface area (Å²) in [6, 6.07) is 22.6. The highest BCUT2D eigenvalue weighted by atomic mass is 19.1. The van der Waals surface area contributed by atoms with Crippen LogP contribution in [0.4, 0.5) is 10.1 Å². The Morgan fingerprint density at radius 1 is 0.833 bits per heavy atom. The van der Waals surface area contributed by atoms with Gasteiger partial charge in [-0.25, -0.2) is 4.39 Å². The van der Waals surface area contributed by atoms with Gasteiger partial charge in [-0.1, -0.05) is 42.5 Å². The molecule has 0 amide bonds. The zero-order valence-corrected chi connectivity index (χ0v) is 13.6. The number of anilines is 1. The van der Waals surface area contributed by atoms with Gasteiger partial charge in [-0.2, -0.15) is 0 Å². The van der Waals surface area contributed by atoms with Gasteiger partial charge in [0.25, 0.3) is 0 Å². The lowest BCUT2D eigenvalue weighted by Gasteiger charge is -2.10. The van der Waals surface area contributed by atoms with E-state index in [1.165, 1.54) is 23.3 Å². The molecule has 3 heteroatoms. The van der Waals surface area contributed by atoms with Crippen molar-refractivity contribution in [3.05, 3.63) is 95.3 Å². The van der Waals surface area contributed by atoms with Crippen LogP contribution < -0.4 is 10.1 Å². The van der Waals surface area contributed by atoms with Gasteiger partial charge in [-0.05, 0) is 53.9 Å². The molecule has 0 aliphatic heterocycles. The monoisotopic (exact) mass is 321 g/mol. The van der Waals surface area contributed by atoms with Crippen molar-refractivity contribution in [3.8, 4) is 5.75 Å². The second kappa shape index (κ2) is 7.64. The molecular formula is C21H20FNO. The van der Waals surface area contributed by atoms with E-state index in [0.29, 0.717) is 6.61 Å². The number of para-hydroxylation sites is 1. The number of nitrogens with one attached hydrogen (secondary N) is 1. The van der Waals surface area contributed by atoms with Crippen molar-refractivity contribution in [1.82, 2.24) is 0 Å². The fraction of sp³-hybridized carbons (Fsp3) is 0.143. The fourth-order valence-corrected chi connectivity index (χ4v) is 2.42. The lowest BCUT2D eigenvalue weighted by Crippen LogP contribution is -2.01. The summed E-state index contributed by atoms with van der Waals surface area (Å²) < 4.78 is 18.6. The molecule has 1 N–H and O–H groups in total. The van der Waals surface area contributed by atoms with Crippen LogP contribution in [-0.4, -0.2) is 0 Å². The number of halogens is 1. The van der Waals surface area contributed by atoms with Crippen LogP contribution in [0.2, 0.25) is 0 Å². The third-order valence-electron chi connectivity index (χ3n) is 3.87. The van der Waals surface area contributed by atoms with Gasteiger partial charge in [-0.15, -0.1) is 0 Å². The topological polar surface area (TPSA) is 21.3 Å². The molecule has 0 aliphatic rings. The van der Waals surface area contributed by atoms with E-state index >= 15 is 0 Å². The average molecular weight is 321 g/mol. The van der Waals surface area contributed by atoms with Gasteiger partial charge < -0.3 is 10.1 Å². The SMILES string of the molecule is Cc1ccccc1NCc1ccc(OCc2ccc(F)cc2)cc1. The normalized spacial score (nSPS) is 10.4. The van der Waals surface area contributed by atoms with Crippen LogP contribution in [0, 0.1) is 12.7 Å². The molecule has 0 aromatic heterocycles. The second-order valence-electron chi connectivity index (χ2n) is 5.73. The molecule has 0 heterocycles. The first-order valence-corrected chi connectivity index (χ1v) is 7.96. The van der Waals surface area contributed by atoms with Gasteiger partial charge in [0.2, 0.25) is 0 Å². The molecule has 3 aromatic carbocycles. The van der Waals surface area contributed by atoms with Crippen molar-refractivity contribution >= 4 is 5.69 Å². The Morgan fingerprint density at radius 3 is 2.21 bits per heavy atom. The summed E-state index contributed by atoms with van der Waals surface area (Å²) in [5, 5.41) is 3.44. The van der Waals surface area contributed by atoms with Crippen LogP contribution in [0.15, 0.2) is 72.8 Å². The Labute approximate surface area is 141 Å². The van der Waals surface area contributed by atoms with E-state index in [-0.39, 0.29) is 5.82 Å². The highest BCUT2D eigenvalue weighted by Crippen LogP contribution is 2.17. The fourth-order valence-electron chi connectivity index (χ4n) is 2.42. The van der Waals surface area contributed by atoms with E-state index < -0.39 is 0 Å². The maximum Gasteiger partial charge on any atom is 0.123 e. The molecule has 0 radical (unpaired) electrons.